The van der Waals surface area contributed by atoms with Crippen molar-refractivity contribution in [2.24, 2.45) is 0 Å². The number of halogens is 3. The van der Waals surface area contributed by atoms with Crippen LogP contribution >= 0.6 is 22.9 Å². The van der Waals surface area contributed by atoms with Crippen molar-refractivity contribution in [3.05, 3.63) is 44.7 Å². The third-order valence-corrected chi connectivity index (χ3v) is 5.08. The summed E-state index contributed by atoms with van der Waals surface area (Å²) in [5.74, 6) is -1.41. The van der Waals surface area contributed by atoms with E-state index < -0.39 is 18.3 Å². The van der Waals surface area contributed by atoms with Gasteiger partial charge in [0, 0.05) is 12.3 Å². The SMILES string of the molecule is CC(=O)Oc1c(C)n(C(=O)c2csc(C(F)F)c2)c2ccc(O)c(Cl)c12. The van der Waals surface area contributed by atoms with E-state index in [2.05, 4.69) is 0 Å². The highest BCUT2D eigenvalue weighted by Crippen LogP contribution is 2.42. The predicted octanol–water partition coefficient (Wildman–Crippen LogP) is 4.92. The Balaban J connectivity index is 2.25. The van der Waals surface area contributed by atoms with E-state index in [0.29, 0.717) is 0 Å². The average molecular weight is 400 g/mol. The number of esters is 1. The Morgan fingerprint density at radius 2 is 2.04 bits per heavy atom. The Hall–Kier alpha value is -2.45. The number of hydrogen-bond acceptors (Lipinski definition) is 5. The Morgan fingerprint density at radius 3 is 2.62 bits per heavy atom. The number of ether oxygens (including phenoxy) is 1. The lowest BCUT2D eigenvalue weighted by Gasteiger charge is -2.06. The fourth-order valence-electron chi connectivity index (χ4n) is 2.66. The van der Waals surface area contributed by atoms with Crippen molar-refractivity contribution in [1.82, 2.24) is 4.57 Å². The lowest BCUT2D eigenvalue weighted by molar-refractivity contribution is -0.131. The zero-order valence-corrected chi connectivity index (χ0v) is 15.1. The molecule has 0 aliphatic rings. The van der Waals surface area contributed by atoms with Gasteiger partial charge in [-0.25, -0.2) is 8.78 Å². The average Bonchev–Trinajstić information content (AvgIpc) is 3.15. The standard InChI is InChI=1S/C17H12ClF2NO4S/c1-7-15(25-8(2)22)13-10(3-4-11(23)14(13)18)21(7)17(24)9-5-12(16(19)20)26-6-9/h3-6,16,23H,1-2H3. The summed E-state index contributed by atoms with van der Waals surface area (Å²) in [5, 5.41) is 11.3. The van der Waals surface area contributed by atoms with Gasteiger partial charge in [0.1, 0.15) is 5.75 Å². The molecule has 0 spiro atoms. The number of phenols is 1. The predicted molar refractivity (Wildman–Crippen MR) is 93.7 cm³/mol. The maximum absolute atomic E-state index is 12.9. The molecule has 26 heavy (non-hydrogen) atoms. The molecule has 3 aromatic rings. The second-order valence-electron chi connectivity index (χ2n) is 5.48. The van der Waals surface area contributed by atoms with E-state index in [9.17, 15) is 23.5 Å². The Kier molecular flexibility index (Phi) is 4.72. The first-order valence-corrected chi connectivity index (χ1v) is 8.60. The zero-order chi connectivity index (χ0) is 19.2. The van der Waals surface area contributed by atoms with Gasteiger partial charge < -0.3 is 9.84 Å². The molecule has 0 radical (unpaired) electrons. The molecule has 2 heterocycles. The molecule has 1 aromatic carbocycles. The summed E-state index contributed by atoms with van der Waals surface area (Å²) in [6.07, 6.45) is -2.67. The first kappa shape index (κ1) is 18.3. The van der Waals surface area contributed by atoms with Crippen LogP contribution in [0.25, 0.3) is 10.9 Å². The number of thiophene rings is 1. The van der Waals surface area contributed by atoms with Gasteiger partial charge in [0.25, 0.3) is 12.3 Å². The van der Waals surface area contributed by atoms with Crippen LogP contribution in [-0.2, 0) is 4.79 Å². The number of carbonyl (C=O) groups excluding carboxylic acids is 2. The van der Waals surface area contributed by atoms with E-state index in [-0.39, 0.29) is 43.6 Å². The maximum Gasteiger partial charge on any atom is 0.308 e. The Bertz CT molecular complexity index is 1040. The first-order chi connectivity index (χ1) is 12.2. The fourth-order valence-corrected chi connectivity index (χ4v) is 3.63. The van der Waals surface area contributed by atoms with Crippen molar-refractivity contribution < 1.29 is 28.2 Å². The summed E-state index contributed by atoms with van der Waals surface area (Å²) in [7, 11) is 0. The van der Waals surface area contributed by atoms with Crippen LogP contribution in [0, 0.1) is 6.92 Å². The molecular weight excluding hydrogens is 388 g/mol. The molecule has 5 nitrogen and oxygen atoms in total. The quantitative estimate of drug-likeness (QED) is 0.634. The highest BCUT2D eigenvalue weighted by Gasteiger charge is 2.26. The van der Waals surface area contributed by atoms with Crippen molar-refractivity contribution in [2.75, 3.05) is 0 Å². The number of aromatic hydroxyl groups is 1. The van der Waals surface area contributed by atoms with E-state index in [1.165, 1.54) is 35.9 Å². The van der Waals surface area contributed by atoms with Gasteiger partial charge in [-0.15, -0.1) is 11.3 Å². The molecule has 0 amide bonds. The van der Waals surface area contributed by atoms with Crippen molar-refractivity contribution in [3.8, 4) is 11.5 Å². The van der Waals surface area contributed by atoms with Gasteiger partial charge in [-0.2, -0.15) is 0 Å². The number of phenolic OH excluding ortho intramolecular Hbond substituents is 1. The molecule has 0 saturated carbocycles. The van der Waals surface area contributed by atoms with Gasteiger partial charge in [-0.3, -0.25) is 14.2 Å². The lowest BCUT2D eigenvalue weighted by Crippen LogP contribution is -2.13. The third kappa shape index (κ3) is 2.95. The minimum Gasteiger partial charge on any atom is -0.506 e. The molecule has 3 rings (SSSR count). The summed E-state index contributed by atoms with van der Waals surface area (Å²) >= 11 is 6.91. The van der Waals surface area contributed by atoms with Gasteiger partial charge in [0.2, 0.25) is 0 Å². The van der Waals surface area contributed by atoms with Crippen molar-refractivity contribution in [2.45, 2.75) is 20.3 Å². The molecule has 9 heteroatoms. The van der Waals surface area contributed by atoms with Crippen LogP contribution in [0.3, 0.4) is 0 Å². The maximum atomic E-state index is 12.9. The lowest BCUT2D eigenvalue weighted by atomic mass is 10.2. The number of rotatable bonds is 3. The number of aromatic nitrogens is 1. The van der Waals surface area contributed by atoms with Crippen LogP contribution < -0.4 is 4.74 Å². The van der Waals surface area contributed by atoms with Crippen molar-refractivity contribution >= 4 is 45.7 Å². The molecule has 0 aliphatic heterocycles. The van der Waals surface area contributed by atoms with Gasteiger partial charge in [-0.05, 0) is 25.1 Å². The fraction of sp³-hybridized carbons (Fsp3) is 0.176. The molecule has 0 aliphatic carbocycles. The van der Waals surface area contributed by atoms with Crippen LogP contribution in [0.5, 0.6) is 11.5 Å². The zero-order valence-electron chi connectivity index (χ0n) is 13.5. The van der Waals surface area contributed by atoms with E-state index in [1.54, 1.807) is 0 Å². The minimum atomic E-state index is -2.67. The van der Waals surface area contributed by atoms with E-state index in [1.807, 2.05) is 0 Å². The van der Waals surface area contributed by atoms with Gasteiger partial charge >= 0.3 is 5.97 Å². The first-order valence-electron chi connectivity index (χ1n) is 7.34. The van der Waals surface area contributed by atoms with Crippen LogP contribution in [0.1, 0.15) is 34.3 Å². The molecule has 0 fully saturated rings. The monoisotopic (exact) mass is 399 g/mol. The van der Waals surface area contributed by atoms with Crippen molar-refractivity contribution in [3.63, 3.8) is 0 Å². The number of benzene rings is 1. The number of nitrogens with zero attached hydrogens (tertiary/aromatic N) is 1. The highest BCUT2D eigenvalue weighted by atomic mass is 35.5. The van der Waals surface area contributed by atoms with Crippen molar-refractivity contribution in [1.29, 1.82) is 0 Å². The number of carbonyl (C=O) groups is 2. The molecule has 0 bridgehead atoms. The smallest absolute Gasteiger partial charge is 0.308 e. The van der Waals surface area contributed by atoms with Crippen LogP contribution in [0.2, 0.25) is 5.02 Å². The van der Waals surface area contributed by atoms with Crippen LogP contribution in [0.15, 0.2) is 23.6 Å². The van der Waals surface area contributed by atoms with E-state index in [0.717, 1.165) is 17.4 Å². The number of hydrogen-bond donors (Lipinski definition) is 1. The second-order valence-corrected chi connectivity index (χ2v) is 6.80. The van der Waals surface area contributed by atoms with E-state index >= 15 is 0 Å². The normalized spacial score (nSPS) is 11.3. The molecule has 136 valence electrons. The molecule has 2 aromatic heterocycles. The third-order valence-electron chi connectivity index (χ3n) is 3.76. The summed E-state index contributed by atoms with van der Waals surface area (Å²) < 4.78 is 32.0. The highest BCUT2D eigenvalue weighted by molar-refractivity contribution is 7.10. The number of alkyl halides is 2. The Labute approximate surface area is 155 Å². The van der Waals surface area contributed by atoms with Gasteiger partial charge in [0.05, 0.1) is 32.1 Å². The summed E-state index contributed by atoms with van der Waals surface area (Å²) in [6, 6.07) is 3.86. The topological polar surface area (TPSA) is 68.5 Å². The van der Waals surface area contributed by atoms with E-state index in [4.69, 9.17) is 16.3 Å². The molecule has 0 atom stereocenters. The molecule has 0 unspecified atom stereocenters. The summed E-state index contributed by atoms with van der Waals surface area (Å²) in [5.41, 5.74) is 0.623. The Morgan fingerprint density at radius 1 is 1.35 bits per heavy atom. The molecule has 0 saturated heterocycles. The summed E-state index contributed by atoms with van der Waals surface area (Å²) in [4.78, 5) is 24.1. The van der Waals surface area contributed by atoms with Crippen LogP contribution in [0.4, 0.5) is 8.78 Å². The summed E-state index contributed by atoms with van der Waals surface area (Å²) in [6.45, 7) is 2.72. The van der Waals surface area contributed by atoms with Gasteiger partial charge in [0.15, 0.2) is 5.75 Å². The number of fused-ring (bicyclic) bond motifs is 1. The largest absolute Gasteiger partial charge is 0.506 e. The second kappa shape index (κ2) is 6.69. The van der Waals surface area contributed by atoms with Crippen LogP contribution in [-0.4, -0.2) is 21.6 Å². The minimum absolute atomic E-state index is 0.0334. The molecular formula is C17H12ClF2NO4S. The molecule has 1 N–H and O–H groups in total. The van der Waals surface area contributed by atoms with Gasteiger partial charge in [-0.1, -0.05) is 11.6 Å².